The molecule has 1 rings (SSSR count). The van der Waals surface area contributed by atoms with Gasteiger partial charge in [0.15, 0.2) is 0 Å². The highest BCUT2D eigenvalue weighted by Crippen LogP contribution is 2.41. The Bertz CT molecular complexity index is 320. The fourth-order valence-corrected chi connectivity index (χ4v) is 0.806. The highest BCUT2D eigenvalue weighted by Gasteiger charge is 2.61. The maximum absolute atomic E-state index is 12.5. The molecule has 1 heterocycles. The van der Waals surface area contributed by atoms with Gasteiger partial charge in [0.1, 0.15) is 0 Å². The van der Waals surface area contributed by atoms with Crippen LogP contribution in [0.3, 0.4) is 0 Å². The van der Waals surface area contributed by atoms with Crippen LogP contribution in [-0.4, -0.2) is 16.1 Å². The van der Waals surface area contributed by atoms with Gasteiger partial charge >= 0.3 is 12.1 Å². The Morgan fingerprint density at radius 2 is 1.43 bits per heavy atom. The molecule has 78 valence electrons. The van der Waals surface area contributed by atoms with Crippen molar-refractivity contribution in [1.82, 2.24) is 9.97 Å². The second-order valence-corrected chi connectivity index (χ2v) is 3.21. The molecule has 0 aromatic carbocycles. The fourth-order valence-electron chi connectivity index (χ4n) is 0.601. The molecule has 0 fully saturated rings. The molecule has 1 aromatic rings. The Kier molecular flexibility index (Phi) is 2.75. The zero-order chi connectivity index (χ0) is 11.0. The van der Waals surface area contributed by atoms with Crippen LogP contribution in [0.5, 0.6) is 0 Å². The minimum absolute atomic E-state index is 0.222. The number of hydrogen-bond acceptors (Lipinski definition) is 2. The summed E-state index contributed by atoms with van der Waals surface area (Å²) in [6, 6.07) is 0. The summed E-state index contributed by atoms with van der Waals surface area (Å²) in [6.07, 6.45) is -4.04. The van der Waals surface area contributed by atoms with Crippen LogP contribution in [0.15, 0.2) is 16.9 Å². The van der Waals surface area contributed by atoms with Crippen LogP contribution in [0.4, 0.5) is 22.0 Å². The Morgan fingerprint density at radius 3 is 1.79 bits per heavy atom. The van der Waals surface area contributed by atoms with Gasteiger partial charge in [-0.05, 0) is 15.9 Å². The molecule has 0 aliphatic rings. The molecular weight excluding hydrogens is 275 g/mol. The van der Waals surface area contributed by atoms with Crippen LogP contribution >= 0.6 is 15.9 Å². The van der Waals surface area contributed by atoms with Crippen molar-refractivity contribution in [2.45, 2.75) is 12.1 Å². The van der Waals surface area contributed by atoms with Crippen molar-refractivity contribution in [3.63, 3.8) is 0 Å². The van der Waals surface area contributed by atoms with Crippen LogP contribution < -0.4 is 0 Å². The minimum Gasteiger partial charge on any atom is -0.234 e. The molecule has 0 aliphatic heterocycles. The van der Waals surface area contributed by atoms with Crippen molar-refractivity contribution in [2.24, 2.45) is 0 Å². The highest BCUT2D eigenvalue weighted by atomic mass is 79.9. The number of nitrogens with zero attached hydrogens (tertiary/aromatic N) is 2. The van der Waals surface area contributed by atoms with Crippen LogP contribution in [0.1, 0.15) is 5.82 Å². The van der Waals surface area contributed by atoms with E-state index in [1.807, 2.05) is 0 Å². The lowest BCUT2D eigenvalue weighted by atomic mass is 10.3. The zero-order valence-corrected chi connectivity index (χ0v) is 7.90. The standard InChI is InChI=1S/C6H2BrF5N2/c7-3-1-13-4(14-2-3)5(8,9)6(10,11)12/h1-2H. The van der Waals surface area contributed by atoms with E-state index in [9.17, 15) is 22.0 Å². The van der Waals surface area contributed by atoms with Crippen LogP contribution in [0, 0.1) is 0 Å². The van der Waals surface area contributed by atoms with E-state index in [4.69, 9.17) is 0 Å². The molecular formula is C6H2BrF5N2. The molecule has 0 N–H and O–H groups in total. The van der Waals surface area contributed by atoms with Gasteiger partial charge < -0.3 is 0 Å². The Hall–Kier alpha value is -0.790. The topological polar surface area (TPSA) is 25.8 Å². The second-order valence-electron chi connectivity index (χ2n) is 2.30. The van der Waals surface area contributed by atoms with Gasteiger partial charge in [0, 0.05) is 12.4 Å². The van der Waals surface area contributed by atoms with Crippen LogP contribution in [0.2, 0.25) is 0 Å². The lowest BCUT2D eigenvalue weighted by Gasteiger charge is -2.17. The summed E-state index contributed by atoms with van der Waals surface area (Å²) in [6.45, 7) is 0. The van der Waals surface area contributed by atoms with Crippen molar-refractivity contribution in [3.05, 3.63) is 22.7 Å². The highest BCUT2D eigenvalue weighted by molar-refractivity contribution is 9.10. The van der Waals surface area contributed by atoms with Crippen molar-refractivity contribution >= 4 is 15.9 Å². The molecule has 2 nitrogen and oxygen atoms in total. The molecule has 0 saturated carbocycles. The van der Waals surface area contributed by atoms with Crippen LogP contribution in [-0.2, 0) is 5.92 Å². The summed E-state index contributed by atoms with van der Waals surface area (Å²) in [4.78, 5) is 5.78. The Balaban J connectivity index is 3.10. The van der Waals surface area contributed by atoms with E-state index in [2.05, 4.69) is 25.9 Å². The first-order chi connectivity index (χ1) is 6.25. The van der Waals surface area contributed by atoms with E-state index in [0.29, 0.717) is 0 Å². The van der Waals surface area contributed by atoms with E-state index in [-0.39, 0.29) is 4.47 Å². The lowest BCUT2D eigenvalue weighted by Crippen LogP contribution is -2.35. The number of hydrogen-bond donors (Lipinski definition) is 0. The molecule has 0 bridgehead atoms. The normalized spacial score (nSPS) is 13.0. The number of alkyl halides is 5. The Morgan fingerprint density at radius 1 is 1.00 bits per heavy atom. The first-order valence-corrected chi connectivity index (χ1v) is 3.97. The molecule has 0 amide bonds. The third-order valence-corrected chi connectivity index (χ3v) is 1.67. The number of halogens is 6. The third-order valence-electron chi connectivity index (χ3n) is 1.26. The summed E-state index contributed by atoms with van der Waals surface area (Å²) in [5, 5.41) is 0. The predicted molar refractivity (Wildman–Crippen MR) is 39.7 cm³/mol. The van der Waals surface area contributed by atoms with Gasteiger partial charge in [-0.15, -0.1) is 0 Å². The van der Waals surface area contributed by atoms with Gasteiger partial charge in [0.2, 0.25) is 5.82 Å². The first-order valence-electron chi connectivity index (χ1n) is 3.17. The summed E-state index contributed by atoms with van der Waals surface area (Å²) in [5.41, 5.74) is 0. The molecule has 0 spiro atoms. The summed E-state index contributed by atoms with van der Waals surface area (Å²) in [7, 11) is 0. The molecule has 0 unspecified atom stereocenters. The van der Waals surface area contributed by atoms with E-state index in [1.165, 1.54) is 0 Å². The Labute approximate surface area is 83.3 Å². The van der Waals surface area contributed by atoms with E-state index in [1.54, 1.807) is 0 Å². The van der Waals surface area contributed by atoms with E-state index in [0.717, 1.165) is 12.4 Å². The smallest absolute Gasteiger partial charge is 0.234 e. The van der Waals surface area contributed by atoms with Gasteiger partial charge in [-0.2, -0.15) is 22.0 Å². The van der Waals surface area contributed by atoms with Crippen molar-refractivity contribution in [2.75, 3.05) is 0 Å². The summed E-state index contributed by atoms with van der Waals surface area (Å²) in [5.74, 6) is -6.58. The van der Waals surface area contributed by atoms with Gasteiger partial charge in [0.25, 0.3) is 0 Å². The quantitative estimate of drug-likeness (QED) is 0.737. The van der Waals surface area contributed by atoms with E-state index < -0.39 is 17.9 Å². The molecule has 0 radical (unpaired) electrons. The monoisotopic (exact) mass is 276 g/mol. The average molecular weight is 277 g/mol. The molecule has 14 heavy (non-hydrogen) atoms. The van der Waals surface area contributed by atoms with Crippen molar-refractivity contribution in [3.8, 4) is 0 Å². The van der Waals surface area contributed by atoms with E-state index >= 15 is 0 Å². The van der Waals surface area contributed by atoms with Crippen LogP contribution in [0.25, 0.3) is 0 Å². The second kappa shape index (κ2) is 3.41. The lowest BCUT2D eigenvalue weighted by molar-refractivity contribution is -0.292. The average Bonchev–Trinajstić information content (AvgIpc) is 2.03. The largest absolute Gasteiger partial charge is 0.461 e. The molecule has 0 saturated heterocycles. The maximum Gasteiger partial charge on any atom is 0.461 e. The fraction of sp³-hybridized carbons (Fsp3) is 0.333. The van der Waals surface area contributed by atoms with Gasteiger partial charge in [-0.25, -0.2) is 9.97 Å². The zero-order valence-electron chi connectivity index (χ0n) is 6.32. The number of rotatable bonds is 1. The minimum atomic E-state index is -5.68. The molecule has 1 aromatic heterocycles. The molecule has 0 atom stereocenters. The van der Waals surface area contributed by atoms with Crippen molar-refractivity contribution in [1.29, 1.82) is 0 Å². The SMILES string of the molecule is FC(F)(F)C(F)(F)c1ncc(Br)cn1. The maximum atomic E-state index is 12.5. The van der Waals surface area contributed by atoms with Crippen molar-refractivity contribution < 1.29 is 22.0 Å². The predicted octanol–water partition coefficient (Wildman–Crippen LogP) is 2.89. The number of aromatic nitrogens is 2. The third kappa shape index (κ3) is 1.99. The van der Waals surface area contributed by atoms with Gasteiger partial charge in [0.05, 0.1) is 4.47 Å². The van der Waals surface area contributed by atoms with Gasteiger partial charge in [-0.3, -0.25) is 0 Å². The summed E-state index contributed by atoms with van der Waals surface area (Å²) >= 11 is 2.81. The summed E-state index contributed by atoms with van der Waals surface area (Å²) < 4.78 is 60.6. The first kappa shape index (κ1) is 11.3. The molecule has 0 aliphatic carbocycles. The van der Waals surface area contributed by atoms with Gasteiger partial charge in [-0.1, -0.05) is 0 Å². The molecule has 8 heteroatoms.